The summed E-state index contributed by atoms with van der Waals surface area (Å²) in [5, 5.41) is 3.09. The third-order valence-corrected chi connectivity index (χ3v) is 4.81. The normalized spacial score (nSPS) is 12.2. The Kier molecular flexibility index (Phi) is 7.21. The highest BCUT2D eigenvalue weighted by atomic mass is 35.6. The molecule has 0 aromatic heterocycles. The molecule has 1 amide bonds. The largest absolute Gasteiger partial charge is 0.419 e. The van der Waals surface area contributed by atoms with Crippen molar-refractivity contribution in [3.63, 3.8) is 0 Å². The second kappa shape index (κ2) is 9.04. The van der Waals surface area contributed by atoms with Gasteiger partial charge in [-0.3, -0.25) is 9.59 Å². The van der Waals surface area contributed by atoms with Crippen LogP contribution in [0.1, 0.15) is 18.1 Å². The molecule has 4 nitrogen and oxygen atoms in total. The minimum Gasteiger partial charge on any atom is -0.419 e. The van der Waals surface area contributed by atoms with Gasteiger partial charge in [0.2, 0.25) is 3.79 Å². The monoisotopic (exact) mass is 436 g/mol. The average molecular weight is 438 g/mol. The number of primary amides is 1. The molecule has 0 atom stereocenters. The number of ketones is 1. The number of alkyl halides is 3. The fraction of sp³-hybridized carbons (Fsp3) is 0.200. The zero-order chi connectivity index (χ0) is 21.1. The van der Waals surface area contributed by atoms with Crippen LogP contribution < -0.4 is 21.9 Å². The number of carbonyl (C=O) groups is 2. The zero-order valence-electron chi connectivity index (χ0n) is 15.7. The standard InChI is InChI=1S/C20H20BCl3N2O2/c1-12-4-8-15(9-5-12)21(16-10-6-13(2)7-11-16)26-18(20(22,23)24)17(14(3)27)19(25)28/h4-11,26H,1-3H3,(H2,25,28)/b18-17-. The molecule has 0 saturated heterocycles. The van der Waals surface area contributed by atoms with Crippen molar-refractivity contribution in [1.82, 2.24) is 5.23 Å². The van der Waals surface area contributed by atoms with Gasteiger partial charge in [0.25, 0.3) is 5.91 Å². The fourth-order valence-corrected chi connectivity index (χ4v) is 3.24. The van der Waals surface area contributed by atoms with Crippen LogP contribution in [0.5, 0.6) is 0 Å². The Hall–Kier alpha value is -1.95. The number of halogens is 3. The van der Waals surface area contributed by atoms with Crippen LogP contribution in [-0.4, -0.2) is 22.3 Å². The van der Waals surface area contributed by atoms with Crippen LogP contribution in [0, 0.1) is 13.8 Å². The van der Waals surface area contributed by atoms with Crippen LogP contribution in [0.15, 0.2) is 59.8 Å². The maximum absolute atomic E-state index is 12.0. The molecule has 0 fully saturated rings. The van der Waals surface area contributed by atoms with E-state index >= 15 is 0 Å². The average Bonchev–Trinajstić information content (AvgIpc) is 2.59. The number of hydrogen-bond acceptors (Lipinski definition) is 3. The van der Waals surface area contributed by atoms with Crippen molar-refractivity contribution in [2.24, 2.45) is 5.73 Å². The molecule has 0 spiro atoms. The van der Waals surface area contributed by atoms with Crippen LogP contribution in [0.2, 0.25) is 0 Å². The summed E-state index contributed by atoms with van der Waals surface area (Å²) < 4.78 is -2.05. The number of amides is 1. The number of allylic oxidation sites excluding steroid dienone is 1. The molecule has 0 radical (unpaired) electrons. The summed E-state index contributed by atoms with van der Waals surface area (Å²) >= 11 is 18.3. The molecule has 0 unspecified atom stereocenters. The van der Waals surface area contributed by atoms with E-state index in [1.54, 1.807) is 0 Å². The summed E-state index contributed by atoms with van der Waals surface area (Å²) in [6, 6.07) is 15.5. The van der Waals surface area contributed by atoms with Gasteiger partial charge < -0.3 is 11.0 Å². The van der Waals surface area contributed by atoms with E-state index in [-0.39, 0.29) is 11.3 Å². The smallest absolute Gasteiger partial charge is 0.320 e. The predicted molar refractivity (Wildman–Crippen MR) is 118 cm³/mol. The number of nitrogens with two attached hydrogens (primary N) is 1. The van der Waals surface area contributed by atoms with Crippen LogP contribution in [0.25, 0.3) is 0 Å². The Bertz CT molecular complexity index is 843. The molecule has 0 saturated carbocycles. The molecule has 0 aliphatic heterocycles. The lowest BCUT2D eigenvalue weighted by molar-refractivity contribution is -0.119. The van der Waals surface area contributed by atoms with E-state index in [2.05, 4.69) is 5.23 Å². The highest BCUT2D eigenvalue weighted by Crippen LogP contribution is 2.35. The van der Waals surface area contributed by atoms with Crippen LogP contribution in [-0.2, 0) is 9.59 Å². The van der Waals surface area contributed by atoms with Crippen molar-refractivity contribution in [3.8, 4) is 0 Å². The third-order valence-electron chi connectivity index (χ3n) is 4.24. The second-order valence-electron chi connectivity index (χ2n) is 6.57. The number of nitrogens with one attached hydrogen (secondary N) is 1. The predicted octanol–water partition coefficient (Wildman–Crippen LogP) is 2.70. The molecule has 0 aliphatic rings. The molecule has 0 heterocycles. The number of benzene rings is 2. The Balaban J connectivity index is 2.66. The first kappa shape index (κ1) is 22.3. The van der Waals surface area contributed by atoms with Crippen molar-refractivity contribution < 1.29 is 9.59 Å². The third kappa shape index (κ3) is 5.54. The minimum absolute atomic E-state index is 0.149. The number of hydrogen-bond donors (Lipinski definition) is 2. The van der Waals surface area contributed by atoms with Gasteiger partial charge in [-0.25, -0.2) is 0 Å². The molecule has 2 aromatic carbocycles. The highest BCUT2D eigenvalue weighted by molar-refractivity contribution is 6.84. The molecular formula is C20H20BCl3N2O2. The van der Waals surface area contributed by atoms with E-state index < -0.39 is 22.3 Å². The van der Waals surface area contributed by atoms with Gasteiger partial charge in [0.1, 0.15) is 5.57 Å². The SMILES string of the molecule is CC(=O)/C(C(N)=O)=C(/NB(c1ccc(C)cc1)c1ccc(C)cc1)C(Cl)(Cl)Cl. The molecule has 2 aromatic rings. The number of rotatable bonds is 6. The van der Waals surface area contributed by atoms with Gasteiger partial charge in [-0.15, -0.1) is 0 Å². The fourth-order valence-electron chi connectivity index (χ4n) is 2.79. The van der Waals surface area contributed by atoms with E-state index in [1.165, 1.54) is 6.92 Å². The van der Waals surface area contributed by atoms with Gasteiger partial charge in [-0.2, -0.15) is 0 Å². The van der Waals surface area contributed by atoms with Crippen molar-refractivity contribution in [2.75, 3.05) is 0 Å². The molecular weight excluding hydrogens is 417 g/mol. The summed E-state index contributed by atoms with van der Waals surface area (Å²) in [6.45, 7) is 4.68. The van der Waals surface area contributed by atoms with E-state index in [9.17, 15) is 9.59 Å². The maximum atomic E-state index is 12.0. The Morgan fingerprint density at radius 1 is 0.893 bits per heavy atom. The summed E-state index contributed by atoms with van der Waals surface area (Å²) in [4.78, 5) is 23.9. The van der Waals surface area contributed by atoms with Crippen molar-refractivity contribution >= 4 is 64.3 Å². The number of carbonyl (C=O) groups excluding carboxylic acids is 2. The van der Waals surface area contributed by atoms with Crippen molar-refractivity contribution in [3.05, 3.63) is 70.9 Å². The van der Waals surface area contributed by atoms with Gasteiger partial charge in [0.05, 0.1) is 5.70 Å². The summed E-state index contributed by atoms with van der Waals surface area (Å²) in [7, 11) is 0. The zero-order valence-corrected chi connectivity index (χ0v) is 18.0. The summed E-state index contributed by atoms with van der Waals surface area (Å²) in [5.41, 5.74) is 8.79. The van der Waals surface area contributed by atoms with Crippen molar-refractivity contribution in [2.45, 2.75) is 24.6 Å². The van der Waals surface area contributed by atoms with Gasteiger partial charge in [0, 0.05) is 0 Å². The second-order valence-corrected chi connectivity index (χ2v) is 8.85. The van der Waals surface area contributed by atoms with E-state index in [0.717, 1.165) is 22.1 Å². The molecule has 146 valence electrons. The van der Waals surface area contributed by atoms with Gasteiger partial charge in [-0.1, -0.05) is 105 Å². The highest BCUT2D eigenvalue weighted by Gasteiger charge is 2.36. The first-order chi connectivity index (χ1) is 13.0. The maximum Gasteiger partial charge on any atom is 0.320 e. The molecule has 0 bridgehead atoms. The Morgan fingerprint density at radius 3 is 1.57 bits per heavy atom. The van der Waals surface area contributed by atoms with E-state index in [0.29, 0.717) is 0 Å². The van der Waals surface area contributed by atoms with Crippen LogP contribution in [0.4, 0.5) is 0 Å². The first-order valence-electron chi connectivity index (χ1n) is 8.52. The molecule has 0 aliphatic carbocycles. The van der Waals surface area contributed by atoms with Gasteiger partial charge in [0.15, 0.2) is 5.78 Å². The van der Waals surface area contributed by atoms with E-state index in [1.807, 2.05) is 62.4 Å². The lowest BCUT2D eigenvalue weighted by atomic mass is 9.50. The number of aryl methyl sites for hydroxylation is 2. The molecule has 2 rings (SSSR count). The lowest BCUT2D eigenvalue weighted by Gasteiger charge is -2.26. The topological polar surface area (TPSA) is 72.2 Å². The summed E-state index contributed by atoms with van der Waals surface area (Å²) in [5.74, 6) is -1.55. The quantitative estimate of drug-likeness (QED) is 0.240. The van der Waals surface area contributed by atoms with E-state index in [4.69, 9.17) is 40.5 Å². The summed E-state index contributed by atoms with van der Waals surface area (Å²) in [6.07, 6.45) is 0. The van der Waals surface area contributed by atoms with Crippen LogP contribution >= 0.6 is 34.8 Å². The first-order valence-corrected chi connectivity index (χ1v) is 9.66. The van der Waals surface area contributed by atoms with Crippen LogP contribution in [0.3, 0.4) is 0 Å². The molecule has 28 heavy (non-hydrogen) atoms. The Morgan fingerprint density at radius 2 is 1.29 bits per heavy atom. The molecule has 8 heteroatoms. The van der Waals surface area contributed by atoms with Gasteiger partial charge >= 0.3 is 6.85 Å². The lowest BCUT2D eigenvalue weighted by Crippen LogP contribution is -2.56. The van der Waals surface area contributed by atoms with Gasteiger partial charge in [-0.05, 0) is 20.8 Å². The van der Waals surface area contributed by atoms with Crippen molar-refractivity contribution in [1.29, 1.82) is 0 Å². The molecule has 3 N–H and O–H groups in total. The minimum atomic E-state index is -2.05. The number of Topliss-reactive ketones (excluding diaryl/α,β-unsaturated/α-hetero) is 1. The Labute approximate surface area is 180 Å².